The van der Waals surface area contributed by atoms with Gasteiger partial charge >= 0.3 is 0 Å². The highest BCUT2D eigenvalue weighted by atomic mass is 32.1. The van der Waals surface area contributed by atoms with E-state index in [1.807, 2.05) is 0 Å². The fraction of sp³-hybridized carbons (Fsp3) is 0.250. The first-order valence-electron chi connectivity index (χ1n) is 8.37. The lowest BCUT2D eigenvalue weighted by Gasteiger charge is -2.08. The first-order chi connectivity index (χ1) is 12.9. The van der Waals surface area contributed by atoms with Gasteiger partial charge in [-0.1, -0.05) is 29.0 Å². The van der Waals surface area contributed by atoms with Crippen LogP contribution in [-0.4, -0.2) is 30.3 Å². The van der Waals surface area contributed by atoms with Crippen LogP contribution < -0.4 is 14.8 Å². The van der Waals surface area contributed by atoms with Crippen molar-refractivity contribution in [3.8, 4) is 22.1 Å². The van der Waals surface area contributed by atoms with Crippen molar-refractivity contribution in [1.29, 1.82) is 0 Å². The van der Waals surface area contributed by atoms with E-state index in [2.05, 4.69) is 48.4 Å². The van der Waals surface area contributed by atoms with Gasteiger partial charge in [-0.05, 0) is 44.0 Å². The molecule has 0 fully saturated rings. The summed E-state index contributed by atoms with van der Waals surface area (Å²) in [5.74, 6) is 0.791. The van der Waals surface area contributed by atoms with Crippen LogP contribution in [0.2, 0.25) is 0 Å². The van der Waals surface area contributed by atoms with Gasteiger partial charge in [-0.25, -0.2) is 0 Å². The summed E-state index contributed by atoms with van der Waals surface area (Å²) < 4.78 is 10.4. The number of rotatable bonds is 5. The van der Waals surface area contributed by atoms with Crippen molar-refractivity contribution in [2.24, 2.45) is 0 Å². The molecule has 1 heterocycles. The van der Waals surface area contributed by atoms with Gasteiger partial charge in [-0.2, -0.15) is 0 Å². The lowest BCUT2D eigenvalue weighted by atomic mass is 10.0. The number of carbonyl (C=O) groups is 1. The molecular formula is C20H21N3O3S. The highest BCUT2D eigenvalue weighted by Gasteiger charge is 2.16. The molecule has 3 rings (SSSR count). The third kappa shape index (κ3) is 4.09. The predicted molar refractivity (Wildman–Crippen MR) is 107 cm³/mol. The Morgan fingerprint density at radius 2 is 1.52 bits per heavy atom. The molecule has 0 unspecified atom stereocenters. The fourth-order valence-corrected chi connectivity index (χ4v) is 3.91. The third-order valence-corrected chi connectivity index (χ3v) is 5.01. The molecule has 1 N–H and O–H groups in total. The Morgan fingerprint density at radius 3 is 2.07 bits per heavy atom. The van der Waals surface area contributed by atoms with Crippen LogP contribution in [-0.2, 0) is 0 Å². The lowest BCUT2D eigenvalue weighted by Crippen LogP contribution is -2.12. The molecule has 0 bridgehead atoms. The molecular weight excluding hydrogens is 362 g/mol. The standard InChI is InChI=1S/C20H21N3O3S/c1-11-6-12(2)17(13(3)7-11)19-22-23-20(27-19)21-18(24)14-8-15(25-4)10-16(9-14)26-5/h6-10H,1-5H3,(H,21,23,24). The number of methoxy groups -OCH3 is 2. The largest absolute Gasteiger partial charge is 0.497 e. The number of aromatic nitrogens is 2. The van der Waals surface area contributed by atoms with E-state index in [1.165, 1.54) is 16.9 Å². The van der Waals surface area contributed by atoms with E-state index in [0.29, 0.717) is 22.2 Å². The summed E-state index contributed by atoms with van der Waals surface area (Å²) in [6.45, 7) is 6.17. The van der Waals surface area contributed by atoms with Crippen LogP contribution >= 0.6 is 11.3 Å². The maximum absolute atomic E-state index is 12.6. The van der Waals surface area contributed by atoms with E-state index in [1.54, 1.807) is 32.4 Å². The minimum absolute atomic E-state index is 0.299. The Hall–Kier alpha value is -2.93. The molecule has 6 nitrogen and oxygen atoms in total. The van der Waals surface area contributed by atoms with Gasteiger partial charge < -0.3 is 9.47 Å². The molecule has 0 aliphatic heterocycles. The minimum Gasteiger partial charge on any atom is -0.497 e. The number of nitrogens with one attached hydrogen (secondary N) is 1. The van der Waals surface area contributed by atoms with Crippen LogP contribution in [0.1, 0.15) is 27.0 Å². The monoisotopic (exact) mass is 383 g/mol. The van der Waals surface area contributed by atoms with E-state index in [0.717, 1.165) is 21.7 Å². The van der Waals surface area contributed by atoms with Gasteiger partial charge in [0, 0.05) is 17.2 Å². The molecule has 0 spiro atoms. The number of ether oxygens (including phenoxy) is 2. The second kappa shape index (κ2) is 7.75. The van der Waals surface area contributed by atoms with Crippen molar-refractivity contribution in [2.75, 3.05) is 19.5 Å². The Kier molecular flexibility index (Phi) is 5.41. The molecule has 3 aromatic rings. The molecule has 1 amide bonds. The first-order valence-corrected chi connectivity index (χ1v) is 9.19. The van der Waals surface area contributed by atoms with Crippen molar-refractivity contribution < 1.29 is 14.3 Å². The van der Waals surface area contributed by atoms with Crippen LogP contribution in [0.3, 0.4) is 0 Å². The number of hydrogen-bond acceptors (Lipinski definition) is 6. The molecule has 1 aromatic heterocycles. The number of benzene rings is 2. The highest BCUT2D eigenvalue weighted by molar-refractivity contribution is 7.18. The Labute approximate surface area is 162 Å². The van der Waals surface area contributed by atoms with Crippen molar-refractivity contribution in [2.45, 2.75) is 20.8 Å². The molecule has 0 aliphatic carbocycles. The number of aryl methyl sites for hydroxylation is 3. The molecule has 2 aromatic carbocycles. The molecule has 0 aliphatic rings. The summed E-state index contributed by atoms with van der Waals surface area (Å²) in [4.78, 5) is 12.6. The number of carbonyl (C=O) groups excluding carboxylic acids is 1. The molecule has 27 heavy (non-hydrogen) atoms. The van der Waals surface area contributed by atoms with Crippen molar-refractivity contribution >= 4 is 22.4 Å². The summed E-state index contributed by atoms with van der Waals surface area (Å²) in [5.41, 5.74) is 4.96. The van der Waals surface area contributed by atoms with Gasteiger partial charge in [-0.3, -0.25) is 10.1 Å². The zero-order valence-electron chi connectivity index (χ0n) is 15.9. The number of anilines is 1. The highest BCUT2D eigenvalue weighted by Crippen LogP contribution is 2.32. The van der Waals surface area contributed by atoms with E-state index in [-0.39, 0.29) is 5.91 Å². The summed E-state index contributed by atoms with van der Waals surface area (Å²) in [7, 11) is 3.08. The number of amides is 1. The Morgan fingerprint density at radius 1 is 0.926 bits per heavy atom. The Balaban J connectivity index is 1.85. The SMILES string of the molecule is COc1cc(OC)cc(C(=O)Nc2nnc(-c3c(C)cc(C)cc3C)s2)c1. The van der Waals surface area contributed by atoms with Crippen molar-refractivity contribution in [3.05, 3.63) is 52.6 Å². The van der Waals surface area contributed by atoms with Gasteiger partial charge in [0.15, 0.2) is 0 Å². The lowest BCUT2D eigenvalue weighted by molar-refractivity contribution is 0.102. The molecule has 140 valence electrons. The van der Waals surface area contributed by atoms with Gasteiger partial charge in [0.2, 0.25) is 5.13 Å². The van der Waals surface area contributed by atoms with Gasteiger partial charge in [0.1, 0.15) is 16.5 Å². The van der Waals surface area contributed by atoms with Gasteiger partial charge in [0.05, 0.1) is 14.2 Å². The van der Waals surface area contributed by atoms with E-state index < -0.39 is 0 Å². The quantitative estimate of drug-likeness (QED) is 0.707. The maximum atomic E-state index is 12.6. The van der Waals surface area contributed by atoms with Crippen LogP contribution in [0.25, 0.3) is 10.6 Å². The zero-order chi connectivity index (χ0) is 19.6. The molecule has 7 heteroatoms. The van der Waals surface area contributed by atoms with E-state index in [9.17, 15) is 4.79 Å². The number of hydrogen-bond donors (Lipinski definition) is 1. The molecule has 0 saturated carbocycles. The third-order valence-electron chi connectivity index (χ3n) is 4.15. The van der Waals surface area contributed by atoms with Crippen molar-refractivity contribution in [1.82, 2.24) is 10.2 Å². The van der Waals surface area contributed by atoms with E-state index in [4.69, 9.17) is 9.47 Å². The molecule has 0 saturated heterocycles. The van der Waals surface area contributed by atoms with Crippen molar-refractivity contribution in [3.63, 3.8) is 0 Å². The summed E-state index contributed by atoms with van der Waals surface area (Å²) >= 11 is 1.35. The average Bonchev–Trinajstić information content (AvgIpc) is 3.08. The topological polar surface area (TPSA) is 73.3 Å². The second-order valence-electron chi connectivity index (χ2n) is 6.24. The molecule has 0 radical (unpaired) electrons. The summed E-state index contributed by atoms with van der Waals surface area (Å²) in [6, 6.07) is 9.24. The zero-order valence-corrected chi connectivity index (χ0v) is 16.7. The van der Waals surface area contributed by atoms with Crippen LogP contribution in [0.5, 0.6) is 11.5 Å². The Bertz CT molecular complexity index is 953. The normalized spacial score (nSPS) is 10.6. The van der Waals surface area contributed by atoms with Crippen LogP contribution in [0, 0.1) is 20.8 Å². The van der Waals surface area contributed by atoms with Crippen LogP contribution in [0.4, 0.5) is 5.13 Å². The van der Waals surface area contributed by atoms with E-state index >= 15 is 0 Å². The average molecular weight is 383 g/mol. The summed E-state index contributed by atoms with van der Waals surface area (Å²) in [5, 5.41) is 12.4. The van der Waals surface area contributed by atoms with Crippen LogP contribution in [0.15, 0.2) is 30.3 Å². The fourth-order valence-electron chi connectivity index (χ4n) is 3.00. The second-order valence-corrected chi connectivity index (χ2v) is 7.22. The predicted octanol–water partition coefficient (Wildman–Crippen LogP) is 4.40. The molecule has 0 atom stereocenters. The smallest absolute Gasteiger partial charge is 0.257 e. The number of nitrogens with zero attached hydrogens (tertiary/aromatic N) is 2. The summed E-state index contributed by atoms with van der Waals surface area (Å²) in [6.07, 6.45) is 0. The van der Waals surface area contributed by atoms with Gasteiger partial charge in [0.25, 0.3) is 5.91 Å². The van der Waals surface area contributed by atoms with Gasteiger partial charge in [-0.15, -0.1) is 10.2 Å². The maximum Gasteiger partial charge on any atom is 0.257 e. The minimum atomic E-state index is -0.299. The first kappa shape index (κ1) is 18.8.